The van der Waals surface area contributed by atoms with Gasteiger partial charge in [-0.25, -0.2) is 4.79 Å². The molecular formula is C18H16ClN3O. The third-order valence-corrected chi connectivity index (χ3v) is 4.46. The Bertz CT molecular complexity index is 887. The van der Waals surface area contributed by atoms with E-state index in [0.717, 1.165) is 12.8 Å². The summed E-state index contributed by atoms with van der Waals surface area (Å²) in [6.45, 7) is 0. The van der Waals surface area contributed by atoms with Crippen LogP contribution in [-0.4, -0.2) is 17.1 Å². The highest BCUT2D eigenvalue weighted by atomic mass is 35.5. The fourth-order valence-electron chi connectivity index (χ4n) is 3.25. The molecule has 0 fully saturated rings. The maximum atomic E-state index is 12.1. The Morgan fingerprint density at radius 3 is 2.87 bits per heavy atom. The molecule has 0 spiro atoms. The molecule has 0 saturated heterocycles. The molecule has 1 aliphatic carbocycles. The number of halogens is 1. The van der Waals surface area contributed by atoms with E-state index in [2.05, 4.69) is 27.8 Å². The van der Waals surface area contributed by atoms with E-state index in [0.29, 0.717) is 10.7 Å². The van der Waals surface area contributed by atoms with Crippen LogP contribution in [0.15, 0.2) is 48.5 Å². The van der Waals surface area contributed by atoms with Crippen LogP contribution in [0.3, 0.4) is 0 Å². The molecule has 3 N–H and O–H groups in total. The minimum absolute atomic E-state index is 0.111. The second-order valence-electron chi connectivity index (χ2n) is 5.84. The zero-order valence-corrected chi connectivity index (χ0v) is 13.2. The van der Waals surface area contributed by atoms with E-state index >= 15 is 0 Å². The average Bonchev–Trinajstić information content (AvgIpc) is 3.04. The van der Waals surface area contributed by atoms with Gasteiger partial charge in [0.1, 0.15) is 0 Å². The third-order valence-electron chi connectivity index (χ3n) is 4.22. The number of amides is 2. The Hall–Kier alpha value is -2.46. The lowest BCUT2D eigenvalue weighted by Crippen LogP contribution is -2.38. The number of carbonyl (C=O) groups excluding carboxylic acids is 1. The van der Waals surface area contributed by atoms with Gasteiger partial charge in [-0.05, 0) is 36.2 Å². The first-order valence-electron chi connectivity index (χ1n) is 7.60. The normalized spacial score (nSPS) is 16.3. The summed E-state index contributed by atoms with van der Waals surface area (Å²) in [7, 11) is 0. The van der Waals surface area contributed by atoms with E-state index in [1.54, 1.807) is 12.1 Å². The van der Waals surface area contributed by atoms with Crippen molar-refractivity contribution in [2.45, 2.75) is 18.9 Å². The first kappa shape index (κ1) is 14.2. The van der Waals surface area contributed by atoms with Crippen LogP contribution in [0.25, 0.3) is 10.9 Å². The van der Waals surface area contributed by atoms with Crippen molar-refractivity contribution in [1.29, 1.82) is 0 Å². The van der Waals surface area contributed by atoms with Gasteiger partial charge >= 0.3 is 6.03 Å². The smallest absolute Gasteiger partial charge is 0.319 e. The largest absolute Gasteiger partial charge is 0.358 e. The number of rotatable bonds is 2. The summed E-state index contributed by atoms with van der Waals surface area (Å²) in [5.74, 6) is 0. The quantitative estimate of drug-likeness (QED) is 0.652. The molecule has 116 valence electrons. The lowest BCUT2D eigenvalue weighted by atomic mass is 10.1. The molecule has 3 aromatic rings. The Balaban J connectivity index is 1.43. The summed E-state index contributed by atoms with van der Waals surface area (Å²) in [4.78, 5) is 15.6. The highest BCUT2D eigenvalue weighted by molar-refractivity contribution is 6.30. The first-order chi connectivity index (χ1) is 11.2. The van der Waals surface area contributed by atoms with Gasteiger partial charge in [-0.1, -0.05) is 35.9 Å². The fourth-order valence-corrected chi connectivity index (χ4v) is 3.44. The van der Waals surface area contributed by atoms with Crippen LogP contribution in [0.1, 0.15) is 11.3 Å². The maximum absolute atomic E-state index is 12.1. The number of hydrogen-bond donors (Lipinski definition) is 3. The Morgan fingerprint density at radius 1 is 1.13 bits per heavy atom. The summed E-state index contributed by atoms with van der Waals surface area (Å²) in [6, 6.07) is 15.3. The second kappa shape index (κ2) is 5.63. The molecule has 1 heterocycles. The van der Waals surface area contributed by atoms with Crippen molar-refractivity contribution in [3.8, 4) is 0 Å². The highest BCUT2D eigenvalue weighted by Gasteiger charge is 2.26. The molecule has 0 aliphatic heterocycles. The predicted molar refractivity (Wildman–Crippen MR) is 93.1 cm³/mol. The number of fused-ring (bicyclic) bond motifs is 3. The van der Waals surface area contributed by atoms with Gasteiger partial charge in [-0.15, -0.1) is 0 Å². The van der Waals surface area contributed by atoms with Crippen LogP contribution in [0.2, 0.25) is 5.02 Å². The van der Waals surface area contributed by atoms with Gasteiger partial charge in [-0.3, -0.25) is 0 Å². The van der Waals surface area contributed by atoms with Gasteiger partial charge in [0.15, 0.2) is 0 Å². The summed E-state index contributed by atoms with van der Waals surface area (Å²) < 4.78 is 0. The lowest BCUT2D eigenvalue weighted by molar-refractivity contribution is 0.249. The molecule has 1 aliphatic rings. The van der Waals surface area contributed by atoms with Crippen LogP contribution < -0.4 is 10.6 Å². The molecule has 2 aromatic carbocycles. The number of aromatic nitrogens is 1. The van der Waals surface area contributed by atoms with Crippen LogP contribution in [0.5, 0.6) is 0 Å². The Kier molecular flexibility index (Phi) is 3.46. The number of hydrogen-bond acceptors (Lipinski definition) is 1. The summed E-state index contributed by atoms with van der Waals surface area (Å²) in [6.07, 6.45) is 1.68. The molecule has 4 rings (SSSR count). The third kappa shape index (κ3) is 2.78. The fraction of sp³-hybridized carbons (Fsp3) is 0.167. The van der Waals surface area contributed by atoms with Gasteiger partial charge in [-0.2, -0.15) is 0 Å². The van der Waals surface area contributed by atoms with E-state index in [4.69, 9.17) is 11.6 Å². The summed E-state index contributed by atoms with van der Waals surface area (Å²) in [5.41, 5.74) is 4.39. The molecule has 0 saturated carbocycles. The molecule has 1 unspecified atom stereocenters. The number of carbonyl (C=O) groups is 1. The average molecular weight is 326 g/mol. The monoisotopic (exact) mass is 325 g/mol. The topological polar surface area (TPSA) is 56.9 Å². The molecule has 1 atom stereocenters. The lowest BCUT2D eigenvalue weighted by Gasteiger charge is -2.13. The Morgan fingerprint density at radius 2 is 2.00 bits per heavy atom. The van der Waals surface area contributed by atoms with Crippen LogP contribution >= 0.6 is 11.6 Å². The van der Waals surface area contributed by atoms with E-state index in [1.165, 1.54) is 22.2 Å². The van der Waals surface area contributed by atoms with E-state index in [1.807, 2.05) is 24.3 Å². The van der Waals surface area contributed by atoms with Crippen LogP contribution in [-0.2, 0) is 12.8 Å². The number of urea groups is 1. The van der Waals surface area contributed by atoms with Crippen LogP contribution in [0.4, 0.5) is 10.5 Å². The van der Waals surface area contributed by atoms with E-state index < -0.39 is 0 Å². The molecule has 23 heavy (non-hydrogen) atoms. The predicted octanol–water partition coefficient (Wildman–Crippen LogP) is 4.11. The van der Waals surface area contributed by atoms with Crippen molar-refractivity contribution in [2.75, 3.05) is 5.32 Å². The zero-order chi connectivity index (χ0) is 15.8. The number of aromatic amines is 1. The summed E-state index contributed by atoms with van der Waals surface area (Å²) in [5, 5.41) is 7.71. The molecule has 4 nitrogen and oxygen atoms in total. The van der Waals surface area contributed by atoms with Gasteiger partial charge in [0.05, 0.1) is 0 Å². The van der Waals surface area contributed by atoms with Gasteiger partial charge in [0.2, 0.25) is 0 Å². The first-order valence-corrected chi connectivity index (χ1v) is 7.98. The molecule has 0 bridgehead atoms. The number of benzene rings is 2. The van der Waals surface area contributed by atoms with Gasteiger partial charge < -0.3 is 15.6 Å². The van der Waals surface area contributed by atoms with E-state index in [-0.39, 0.29) is 12.1 Å². The SMILES string of the molecule is O=C(Nc1cccc(Cl)c1)NC1Cc2[nH]c3ccccc3c2C1. The maximum Gasteiger partial charge on any atom is 0.319 e. The Labute approximate surface area is 138 Å². The molecule has 5 heteroatoms. The summed E-state index contributed by atoms with van der Waals surface area (Å²) >= 11 is 5.92. The van der Waals surface area contributed by atoms with E-state index in [9.17, 15) is 4.79 Å². The molecule has 2 amide bonds. The number of para-hydroxylation sites is 1. The molecule has 1 aromatic heterocycles. The standard InChI is InChI=1S/C18H16ClN3O/c19-11-4-3-5-12(8-11)20-18(23)21-13-9-15-14-6-1-2-7-16(14)22-17(15)10-13/h1-8,13,22H,9-10H2,(H2,20,21,23). The molecule has 0 radical (unpaired) electrons. The van der Waals surface area contributed by atoms with Crippen LogP contribution in [0, 0.1) is 0 Å². The van der Waals surface area contributed by atoms with Crippen molar-refractivity contribution in [3.63, 3.8) is 0 Å². The number of anilines is 1. The van der Waals surface area contributed by atoms with Crippen molar-refractivity contribution in [2.24, 2.45) is 0 Å². The number of nitrogens with one attached hydrogen (secondary N) is 3. The minimum Gasteiger partial charge on any atom is -0.358 e. The number of H-pyrrole nitrogens is 1. The van der Waals surface area contributed by atoms with Crippen molar-refractivity contribution in [3.05, 3.63) is 64.8 Å². The van der Waals surface area contributed by atoms with Crippen molar-refractivity contribution in [1.82, 2.24) is 10.3 Å². The molecular weight excluding hydrogens is 310 g/mol. The zero-order valence-electron chi connectivity index (χ0n) is 12.4. The highest BCUT2D eigenvalue weighted by Crippen LogP contribution is 2.30. The minimum atomic E-state index is -0.202. The van der Waals surface area contributed by atoms with Gasteiger partial charge in [0.25, 0.3) is 0 Å². The van der Waals surface area contributed by atoms with Crippen molar-refractivity contribution < 1.29 is 4.79 Å². The van der Waals surface area contributed by atoms with Gasteiger partial charge in [0, 0.05) is 39.8 Å². The second-order valence-corrected chi connectivity index (χ2v) is 6.28. The van der Waals surface area contributed by atoms with Crippen molar-refractivity contribution >= 4 is 34.2 Å².